The third-order valence-corrected chi connectivity index (χ3v) is 4.17. The van der Waals surface area contributed by atoms with Crippen LogP contribution in [0.3, 0.4) is 0 Å². The molecule has 10 heteroatoms. The third-order valence-electron chi connectivity index (χ3n) is 4.17. The Balaban J connectivity index is 2.39. The molecule has 2 aromatic rings. The molecule has 0 saturated carbocycles. The van der Waals surface area contributed by atoms with E-state index in [-0.39, 0.29) is 24.3 Å². The van der Waals surface area contributed by atoms with E-state index in [4.69, 9.17) is 10.2 Å². The molecular formula is C19H20N2O8. The van der Waals surface area contributed by atoms with Gasteiger partial charge in [-0.05, 0) is 22.9 Å². The maximum absolute atomic E-state index is 11.7. The largest absolute Gasteiger partial charge is 0.480 e. The van der Waals surface area contributed by atoms with Crippen LogP contribution in [0.1, 0.15) is 10.4 Å². The van der Waals surface area contributed by atoms with E-state index in [0.29, 0.717) is 10.8 Å². The lowest BCUT2D eigenvalue weighted by molar-refractivity contribution is -0.142. The summed E-state index contributed by atoms with van der Waals surface area (Å²) in [6.07, 6.45) is 0. The van der Waals surface area contributed by atoms with Crippen molar-refractivity contribution >= 4 is 40.3 Å². The normalized spacial score (nSPS) is 10.8. The molecule has 0 saturated heterocycles. The van der Waals surface area contributed by atoms with E-state index >= 15 is 0 Å². The van der Waals surface area contributed by atoms with Gasteiger partial charge in [0, 0.05) is 13.1 Å². The van der Waals surface area contributed by atoms with Crippen LogP contribution in [-0.2, 0) is 14.4 Å². The summed E-state index contributed by atoms with van der Waals surface area (Å²) < 4.78 is 0. The Kier molecular flexibility index (Phi) is 7.10. The predicted molar refractivity (Wildman–Crippen MR) is 102 cm³/mol. The van der Waals surface area contributed by atoms with Crippen molar-refractivity contribution in [2.75, 3.05) is 37.6 Å². The van der Waals surface area contributed by atoms with Gasteiger partial charge >= 0.3 is 23.9 Å². The first-order valence-corrected chi connectivity index (χ1v) is 8.56. The highest BCUT2D eigenvalue weighted by molar-refractivity contribution is 6.01. The van der Waals surface area contributed by atoms with Crippen LogP contribution in [0.4, 0.5) is 5.69 Å². The van der Waals surface area contributed by atoms with Crippen LogP contribution < -0.4 is 4.90 Å². The average molecular weight is 404 g/mol. The molecule has 10 nitrogen and oxygen atoms in total. The lowest BCUT2D eigenvalue weighted by Crippen LogP contribution is -2.42. The zero-order valence-electron chi connectivity index (χ0n) is 15.3. The topological polar surface area (TPSA) is 156 Å². The predicted octanol–water partition coefficient (Wildman–Crippen LogP) is 0.900. The number of fused-ring (bicyclic) bond motifs is 1. The lowest BCUT2D eigenvalue weighted by atomic mass is 10.0. The number of anilines is 1. The van der Waals surface area contributed by atoms with Crippen LogP contribution >= 0.6 is 0 Å². The number of benzene rings is 2. The molecular weight excluding hydrogens is 384 g/mol. The fraction of sp³-hybridized carbons (Fsp3) is 0.263. The second kappa shape index (κ2) is 9.51. The van der Waals surface area contributed by atoms with E-state index in [2.05, 4.69) is 0 Å². The van der Waals surface area contributed by atoms with Gasteiger partial charge in [-0.3, -0.25) is 19.3 Å². The van der Waals surface area contributed by atoms with E-state index < -0.39 is 43.5 Å². The molecule has 0 aliphatic heterocycles. The fourth-order valence-electron chi connectivity index (χ4n) is 2.97. The molecule has 0 unspecified atom stereocenters. The first kappa shape index (κ1) is 21.6. The Hall–Kier alpha value is -3.66. The number of carboxylic acid groups (broad SMARTS) is 4. The zero-order chi connectivity index (χ0) is 21.6. The summed E-state index contributed by atoms with van der Waals surface area (Å²) in [4.78, 5) is 47.4. The minimum atomic E-state index is -1.24. The molecule has 0 amide bonds. The van der Waals surface area contributed by atoms with E-state index in [9.17, 15) is 29.4 Å². The fourth-order valence-corrected chi connectivity index (χ4v) is 2.97. The Labute approximate surface area is 165 Å². The van der Waals surface area contributed by atoms with Crippen LogP contribution in [0.2, 0.25) is 0 Å². The van der Waals surface area contributed by atoms with Gasteiger partial charge in [0.25, 0.3) is 0 Å². The summed E-state index contributed by atoms with van der Waals surface area (Å²) in [5.41, 5.74) is 0.0529. The highest BCUT2D eigenvalue weighted by atomic mass is 16.4. The monoisotopic (exact) mass is 404 g/mol. The molecule has 2 aromatic carbocycles. The molecule has 0 aliphatic rings. The van der Waals surface area contributed by atoms with E-state index in [0.717, 1.165) is 4.90 Å². The van der Waals surface area contributed by atoms with Gasteiger partial charge < -0.3 is 25.3 Å². The summed E-state index contributed by atoms with van der Waals surface area (Å²) in [7, 11) is 0. The summed E-state index contributed by atoms with van der Waals surface area (Å²) in [6, 6.07) is 9.99. The number of aromatic carboxylic acids is 1. The molecule has 0 fully saturated rings. The van der Waals surface area contributed by atoms with Gasteiger partial charge in [0.15, 0.2) is 0 Å². The molecule has 29 heavy (non-hydrogen) atoms. The maximum atomic E-state index is 11.7. The van der Waals surface area contributed by atoms with Gasteiger partial charge in [0.2, 0.25) is 0 Å². The second-order valence-electron chi connectivity index (χ2n) is 6.34. The summed E-state index contributed by atoms with van der Waals surface area (Å²) in [5.74, 6) is -4.91. The average Bonchev–Trinajstić information content (AvgIpc) is 2.62. The Morgan fingerprint density at radius 2 is 1.24 bits per heavy atom. The number of aliphatic carboxylic acids is 3. The van der Waals surface area contributed by atoms with Crippen molar-refractivity contribution in [2.24, 2.45) is 0 Å². The standard InChI is InChI=1S/C19H20N2O8/c22-16(23)9-20(10-17(24)25)5-6-21(11-18(26)27)15-8-13-4-2-1-3-12(13)7-14(15)19(28)29/h1-4,7-8H,5-6,9-11H2,(H,22,23)(H,24,25)(H,26,27)(H,28,29). The van der Waals surface area contributed by atoms with E-state index in [1.54, 1.807) is 30.3 Å². The highest BCUT2D eigenvalue weighted by Gasteiger charge is 2.21. The van der Waals surface area contributed by atoms with Crippen LogP contribution in [0, 0.1) is 0 Å². The molecule has 2 rings (SSSR count). The van der Waals surface area contributed by atoms with Crippen molar-refractivity contribution in [3.63, 3.8) is 0 Å². The van der Waals surface area contributed by atoms with Crippen molar-refractivity contribution < 1.29 is 39.6 Å². The van der Waals surface area contributed by atoms with Crippen molar-refractivity contribution in [3.05, 3.63) is 42.0 Å². The zero-order valence-corrected chi connectivity index (χ0v) is 15.3. The third kappa shape index (κ3) is 6.18. The number of carbonyl (C=O) groups is 4. The second-order valence-corrected chi connectivity index (χ2v) is 6.34. The number of carboxylic acids is 4. The lowest BCUT2D eigenvalue weighted by Gasteiger charge is -2.28. The minimum Gasteiger partial charge on any atom is -0.480 e. The van der Waals surface area contributed by atoms with Crippen molar-refractivity contribution in [1.82, 2.24) is 4.90 Å². The van der Waals surface area contributed by atoms with E-state index in [1.807, 2.05) is 0 Å². The van der Waals surface area contributed by atoms with Crippen molar-refractivity contribution in [1.29, 1.82) is 0 Å². The van der Waals surface area contributed by atoms with Crippen LogP contribution in [-0.4, -0.2) is 81.9 Å². The summed E-state index contributed by atoms with van der Waals surface area (Å²) >= 11 is 0. The Morgan fingerprint density at radius 1 is 0.724 bits per heavy atom. The molecule has 0 spiro atoms. The number of rotatable bonds is 11. The van der Waals surface area contributed by atoms with Crippen LogP contribution in [0.25, 0.3) is 10.8 Å². The molecule has 0 aliphatic carbocycles. The minimum absolute atomic E-state index is 0.0779. The first-order valence-electron chi connectivity index (χ1n) is 8.56. The molecule has 0 heterocycles. The molecule has 0 atom stereocenters. The van der Waals surface area contributed by atoms with Crippen molar-refractivity contribution in [3.8, 4) is 0 Å². The van der Waals surface area contributed by atoms with Crippen molar-refractivity contribution in [2.45, 2.75) is 0 Å². The summed E-state index contributed by atoms with van der Waals surface area (Å²) in [6.45, 7) is -1.79. The number of nitrogens with zero attached hydrogens (tertiary/aromatic N) is 2. The molecule has 0 aromatic heterocycles. The van der Waals surface area contributed by atoms with Gasteiger partial charge in [0.1, 0.15) is 6.54 Å². The van der Waals surface area contributed by atoms with Crippen LogP contribution in [0.15, 0.2) is 36.4 Å². The van der Waals surface area contributed by atoms with Gasteiger partial charge in [0.05, 0.1) is 24.3 Å². The summed E-state index contributed by atoms with van der Waals surface area (Å²) in [5, 5.41) is 38.1. The van der Waals surface area contributed by atoms with E-state index in [1.165, 1.54) is 11.0 Å². The Morgan fingerprint density at radius 3 is 1.72 bits per heavy atom. The highest BCUT2D eigenvalue weighted by Crippen LogP contribution is 2.27. The molecule has 154 valence electrons. The first-order chi connectivity index (χ1) is 13.7. The van der Waals surface area contributed by atoms with Crippen LogP contribution in [0.5, 0.6) is 0 Å². The van der Waals surface area contributed by atoms with Gasteiger partial charge in [-0.25, -0.2) is 4.79 Å². The molecule has 4 N–H and O–H groups in total. The van der Waals surface area contributed by atoms with Gasteiger partial charge in [-0.2, -0.15) is 0 Å². The Bertz CT molecular complexity index is 927. The number of hydrogen-bond donors (Lipinski definition) is 4. The molecule has 0 radical (unpaired) electrons. The maximum Gasteiger partial charge on any atom is 0.337 e. The number of hydrogen-bond acceptors (Lipinski definition) is 6. The SMILES string of the molecule is O=C(O)CN(CCN(CC(=O)O)c1cc2ccccc2cc1C(=O)O)CC(=O)O. The quantitative estimate of drug-likeness (QED) is 0.424. The van der Waals surface area contributed by atoms with Gasteiger partial charge in [-0.15, -0.1) is 0 Å². The van der Waals surface area contributed by atoms with Gasteiger partial charge in [-0.1, -0.05) is 24.3 Å². The smallest absolute Gasteiger partial charge is 0.337 e. The molecule has 0 bridgehead atoms.